The third-order valence-corrected chi connectivity index (χ3v) is 3.86. The average molecular weight is 290 g/mol. The molecule has 2 rings (SSSR count). The van der Waals surface area contributed by atoms with Crippen molar-refractivity contribution in [1.82, 2.24) is 0 Å². The minimum atomic E-state index is 1.10. The predicted octanol–water partition coefficient (Wildman–Crippen LogP) is 6.14. The van der Waals surface area contributed by atoms with Crippen LogP contribution >= 0.6 is 0 Å². The summed E-state index contributed by atoms with van der Waals surface area (Å²) >= 11 is 0. The Morgan fingerprint density at radius 3 is 1.73 bits per heavy atom. The maximum absolute atomic E-state index is 2.31. The van der Waals surface area contributed by atoms with Gasteiger partial charge in [-0.1, -0.05) is 91.4 Å². The topological polar surface area (TPSA) is 0 Å². The lowest BCUT2D eigenvalue weighted by Crippen LogP contribution is -1.93. The van der Waals surface area contributed by atoms with Crippen molar-refractivity contribution in [2.24, 2.45) is 0 Å². The Balaban J connectivity index is 1.93. The summed E-state index contributed by atoms with van der Waals surface area (Å²) in [6.07, 6.45) is 12.4. The van der Waals surface area contributed by atoms with Gasteiger partial charge < -0.3 is 0 Å². The molecule has 0 saturated carbocycles. The maximum atomic E-state index is 2.31. The second-order valence-corrected chi connectivity index (χ2v) is 5.63. The highest BCUT2D eigenvalue weighted by Crippen LogP contribution is 2.16. The first-order chi connectivity index (χ1) is 10.9. The minimum absolute atomic E-state index is 1.10. The number of allylic oxidation sites excluding steroid dienone is 4. The Kier molecular flexibility index (Phi) is 7.25. The molecule has 0 N–H and O–H groups in total. The Bertz CT molecular complexity index is 530. The van der Waals surface area contributed by atoms with Gasteiger partial charge in [-0.15, -0.1) is 0 Å². The average Bonchev–Trinajstić information content (AvgIpc) is 2.59. The third-order valence-electron chi connectivity index (χ3n) is 3.86. The highest BCUT2D eigenvalue weighted by atomic mass is 14.1. The number of rotatable bonds is 8. The lowest BCUT2D eigenvalue weighted by molar-refractivity contribution is 0.835. The number of benzene rings is 2. The molecule has 0 saturated heterocycles. The van der Waals surface area contributed by atoms with E-state index in [1.165, 1.54) is 16.7 Å². The van der Waals surface area contributed by atoms with Crippen LogP contribution in [0.1, 0.15) is 37.3 Å². The summed E-state index contributed by atoms with van der Waals surface area (Å²) < 4.78 is 0. The summed E-state index contributed by atoms with van der Waals surface area (Å²) in [5, 5.41) is 0. The van der Waals surface area contributed by atoms with Gasteiger partial charge in [0.05, 0.1) is 0 Å². The Labute approximate surface area is 135 Å². The number of hydrogen-bond donors (Lipinski definition) is 0. The molecule has 0 heteroatoms. The van der Waals surface area contributed by atoms with Gasteiger partial charge in [-0.25, -0.2) is 0 Å². The molecule has 114 valence electrons. The summed E-state index contributed by atoms with van der Waals surface area (Å²) in [4.78, 5) is 0. The molecular weight excluding hydrogens is 264 g/mol. The molecule has 0 heterocycles. The lowest BCUT2D eigenvalue weighted by atomic mass is 9.98. The second-order valence-electron chi connectivity index (χ2n) is 5.63. The van der Waals surface area contributed by atoms with Gasteiger partial charge in [0.1, 0.15) is 0 Å². The summed E-state index contributed by atoms with van der Waals surface area (Å²) in [6, 6.07) is 21.5. The molecule has 0 unspecified atom stereocenters. The van der Waals surface area contributed by atoms with E-state index in [1.54, 1.807) is 0 Å². The number of hydrogen-bond acceptors (Lipinski definition) is 0. The maximum Gasteiger partial charge on any atom is -0.0241 e. The van der Waals surface area contributed by atoms with Crippen molar-refractivity contribution >= 4 is 0 Å². The summed E-state index contributed by atoms with van der Waals surface area (Å²) in [6.45, 7) is 2.18. The molecule has 0 spiro atoms. The van der Waals surface area contributed by atoms with E-state index in [1.807, 2.05) is 0 Å². The Morgan fingerprint density at radius 2 is 1.27 bits per heavy atom. The van der Waals surface area contributed by atoms with Gasteiger partial charge in [0.25, 0.3) is 0 Å². The zero-order valence-corrected chi connectivity index (χ0v) is 13.5. The smallest absolute Gasteiger partial charge is 0.0241 e. The van der Waals surface area contributed by atoms with Crippen LogP contribution in [0.3, 0.4) is 0 Å². The second kappa shape index (κ2) is 9.78. The van der Waals surface area contributed by atoms with Crippen LogP contribution < -0.4 is 0 Å². The van der Waals surface area contributed by atoms with E-state index in [0.717, 1.165) is 32.1 Å². The van der Waals surface area contributed by atoms with E-state index in [0.29, 0.717) is 0 Å². The molecule has 0 fully saturated rings. The zero-order chi connectivity index (χ0) is 15.5. The van der Waals surface area contributed by atoms with E-state index >= 15 is 0 Å². The van der Waals surface area contributed by atoms with Crippen molar-refractivity contribution in [1.29, 1.82) is 0 Å². The minimum Gasteiger partial charge on any atom is -0.0848 e. The van der Waals surface area contributed by atoms with Crippen LogP contribution in [0.15, 0.2) is 84.5 Å². The molecular formula is C22H26. The SMILES string of the molecule is CC/C=C/C=C(CCc1ccccc1)CCc1ccccc1. The molecule has 22 heavy (non-hydrogen) atoms. The fraction of sp³-hybridized carbons (Fsp3) is 0.273. The first kappa shape index (κ1) is 16.3. The molecule has 0 atom stereocenters. The van der Waals surface area contributed by atoms with Gasteiger partial charge in [0.2, 0.25) is 0 Å². The van der Waals surface area contributed by atoms with Gasteiger partial charge >= 0.3 is 0 Å². The van der Waals surface area contributed by atoms with Gasteiger partial charge in [-0.05, 0) is 43.2 Å². The van der Waals surface area contributed by atoms with Crippen LogP contribution in [0.4, 0.5) is 0 Å². The van der Waals surface area contributed by atoms with Crippen molar-refractivity contribution in [3.8, 4) is 0 Å². The zero-order valence-electron chi connectivity index (χ0n) is 13.5. The quantitative estimate of drug-likeness (QED) is 0.512. The summed E-state index contributed by atoms with van der Waals surface area (Å²) in [7, 11) is 0. The van der Waals surface area contributed by atoms with Crippen LogP contribution in [-0.4, -0.2) is 0 Å². The first-order valence-corrected chi connectivity index (χ1v) is 8.31. The first-order valence-electron chi connectivity index (χ1n) is 8.31. The third kappa shape index (κ3) is 6.13. The monoisotopic (exact) mass is 290 g/mol. The Hall–Kier alpha value is -2.08. The van der Waals surface area contributed by atoms with E-state index in [2.05, 4.69) is 85.8 Å². The van der Waals surface area contributed by atoms with Crippen molar-refractivity contribution in [3.63, 3.8) is 0 Å². The molecule has 0 bridgehead atoms. The molecule has 2 aromatic rings. The Morgan fingerprint density at radius 1 is 0.773 bits per heavy atom. The van der Waals surface area contributed by atoms with E-state index in [9.17, 15) is 0 Å². The fourth-order valence-electron chi connectivity index (χ4n) is 2.53. The van der Waals surface area contributed by atoms with Crippen molar-refractivity contribution in [2.45, 2.75) is 39.0 Å². The van der Waals surface area contributed by atoms with Crippen LogP contribution in [0.2, 0.25) is 0 Å². The molecule has 0 radical (unpaired) electrons. The lowest BCUT2D eigenvalue weighted by Gasteiger charge is -2.08. The molecule has 0 aliphatic rings. The van der Waals surface area contributed by atoms with Gasteiger partial charge in [-0.2, -0.15) is 0 Å². The van der Waals surface area contributed by atoms with Crippen molar-refractivity contribution in [2.75, 3.05) is 0 Å². The van der Waals surface area contributed by atoms with Gasteiger partial charge in [0.15, 0.2) is 0 Å². The van der Waals surface area contributed by atoms with Gasteiger partial charge in [-0.3, -0.25) is 0 Å². The van der Waals surface area contributed by atoms with Crippen molar-refractivity contribution < 1.29 is 0 Å². The van der Waals surface area contributed by atoms with Crippen molar-refractivity contribution in [3.05, 3.63) is 95.6 Å². The van der Waals surface area contributed by atoms with E-state index < -0.39 is 0 Å². The molecule has 0 aromatic heterocycles. The molecule has 0 aliphatic carbocycles. The van der Waals surface area contributed by atoms with Gasteiger partial charge in [0, 0.05) is 0 Å². The summed E-state index contributed by atoms with van der Waals surface area (Å²) in [5.41, 5.74) is 4.39. The highest BCUT2D eigenvalue weighted by Gasteiger charge is 2.00. The molecule has 0 aliphatic heterocycles. The standard InChI is InChI=1S/C22H26/c1-2-3-6-11-22(18-16-20-12-7-4-8-13-20)19-17-21-14-9-5-10-15-21/h3-15H,2,16-19H2,1H3/b6-3+. The number of aryl methyl sites for hydroxylation is 2. The largest absolute Gasteiger partial charge is 0.0848 e. The normalized spacial score (nSPS) is 10.8. The summed E-state index contributed by atoms with van der Waals surface area (Å²) in [5.74, 6) is 0. The fourth-order valence-corrected chi connectivity index (χ4v) is 2.53. The van der Waals surface area contributed by atoms with E-state index in [4.69, 9.17) is 0 Å². The van der Waals surface area contributed by atoms with E-state index in [-0.39, 0.29) is 0 Å². The van der Waals surface area contributed by atoms with Crippen LogP contribution in [0.25, 0.3) is 0 Å². The van der Waals surface area contributed by atoms with Crippen LogP contribution in [0.5, 0.6) is 0 Å². The molecule has 0 amide bonds. The van der Waals surface area contributed by atoms with Crippen LogP contribution in [-0.2, 0) is 12.8 Å². The molecule has 2 aromatic carbocycles. The molecule has 0 nitrogen and oxygen atoms in total. The van der Waals surface area contributed by atoms with Crippen LogP contribution in [0, 0.1) is 0 Å². The predicted molar refractivity (Wildman–Crippen MR) is 97.0 cm³/mol. The highest BCUT2D eigenvalue weighted by molar-refractivity contribution is 5.21.